The van der Waals surface area contributed by atoms with Gasteiger partial charge in [-0.3, -0.25) is 9.78 Å². The van der Waals surface area contributed by atoms with Crippen LogP contribution in [0.5, 0.6) is 0 Å². The van der Waals surface area contributed by atoms with Crippen molar-refractivity contribution < 1.29 is 4.79 Å². The zero-order chi connectivity index (χ0) is 15.9. The van der Waals surface area contributed by atoms with E-state index in [4.69, 9.17) is 5.73 Å². The van der Waals surface area contributed by atoms with E-state index in [1.54, 1.807) is 18.3 Å². The molecular formula is C19H22N2O. The van der Waals surface area contributed by atoms with Gasteiger partial charge in [0.05, 0.1) is 11.3 Å². The highest BCUT2D eigenvalue weighted by Crippen LogP contribution is 2.50. The van der Waals surface area contributed by atoms with E-state index < -0.39 is 5.91 Å². The molecule has 1 unspecified atom stereocenters. The summed E-state index contributed by atoms with van der Waals surface area (Å²) in [5.41, 5.74) is 10.7. The molecule has 1 aromatic heterocycles. The van der Waals surface area contributed by atoms with Gasteiger partial charge >= 0.3 is 0 Å². The molecule has 2 N–H and O–H groups in total. The molecule has 22 heavy (non-hydrogen) atoms. The van der Waals surface area contributed by atoms with Gasteiger partial charge in [-0.05, 0) is 47.4 Å². The van der Waals surface area contributed by atoms with Crippen LogP contribution in [-0.4, -0.2) is 10.9 Å². The zero-order valence-corrected chi connectivity index (χ0v) is 13.4. The molecule has 1 amide bonds. The van der Waals surface area contributed by atoms with E-state index in [1.807, 2.05) is 0 Å². The van der Waals surface area contributed by atoms with E-state index in [2.05, 4.69) is 44.0 Å². The summed E-state index contributed by atoms with van der Waals surface area (Å²) in [5.74, 6) is 0.0786. The lowest BCUT2D eigenvalue weighted by atomic mass is 9.85. The van der Waals surface area contributed by atoms with E-state index >= 15 is 0 Å². The van der Waals surface area contributed by atoms with Crippen molar-refractivity contribution in [2.45, 2.75) is 44.9 Å². The Morgan fingerprint density at radius 2 is 2.09 bits per heavy atom. The monoisotopic (exact) mass is 294 g/mol. The topological polar surface area (TPSA) is 56.0 Å². The normalized spacial score (nSPS) is 19.0. The zero-order valence-electron chi connectivity index (χ0n) is 13.4. The summed E-state index contributed by atoms with van der Waals surface area (Å²) >= 11 is 0. The summed E-state index contributed by atoms with van der Waals surface area (Å²) in [4.78, 5) is 16.2. The van der Waals surface area contributed by atoms with Crippen LogP contribution in [0.2, 0.25) is 0 Å². The molecule has 1 atom stereocenters. The van der Waals surface area contributed by atoms with Crippen molar-refractivity contribution in [3.63, 3.8) is 0 Å². The van der Waals surface area contributed by atoms with E-state index in [1.165, 1.54) is 11.1 Å². The van der Waals surface area contributed by atoms with Gasteiger partial charge in [-0.1, -0.05) is 39.0 Å². The Morgan fingerprint density at radius 3 is 2.77 bits per heavy atom. The summed E-state index contributed by atoms with van der Waals surface area (Å²) < 4.78 is 0. The predicted octanol–water partition coefficient (Wildman–Crippen LogP) is 4.02. The molecule has 3 nitrogen and oxygen atoms in total. The van der Waals surface area contributed by atoms with Crippen LogP contribution >= 0.6 is 0 Å². The molecule has 0 spiro atoms. The Labute approximate surface area is 131 Å². The maximum absolute atomic E-state index is 11.8. The Kier molecular flexibility index (Phi) is 3.51. The van der Waals surface area contributed by atoms with Crippen LogP contribution in [0.1, 0.15) is 61.0 Å². The lowest BCUT2D eigenvalue weighted by Gasteiger charge is -2.19. The number of nitrogens with two attached hydrogens (primary N) is 1. The summed E-state index contributed by atoms with van der Waals surface area (Å²) in [5, 5.41) is 0. The fourth-order valence-electron chi connectivity index (χ4n) is 3.80. The van der Waals surface area contributed by atoms with Crippen LogP contribution in [0.4, 0.5) is 0 Å². The highest BCUT2D eigenvalue weighted by atomic mass is 16.1. The summed E-state index contributed by atoms with van der Waals surface area (Å²) in [6.07, 6.45) is 3.95. The lowest BCUT2D eigenvalue weighted by Crippen LogP contribution is -2.14. The van der Waals surface area contributed by atoms with E-state index in [0.717, 1.165) is 18.4 Å². The number of hydrogen-bond donors (Lipinski definition) is 1. The molecule has 0 radical (unpaired) electrons. The van der Waals surface area contributed by atoms with Crippen molar-refractivity contribution in [1.29, 1.82) is 0 Å². The van der Waals surface area contributed by atoms with E-state index in [0.29, 0.717) is 17.2 Å². The van der Waals surface area contributed by atoms with Crippen LogP contribution in [0.25, 0.3) is 11.3 Å². The molecule has 1 aliphatic carbocycles. The summed E-state index contributed by atoms with van der Waals surface area (Å²) in [7, 11) is 0. The number of aromatic nitrogens is 1. The third-order valence-corrected chi connectivity index (χ3v) is 4.82. The molecule has 3 rings (SSSR count). The molecule has 0 saturated carbocycles. The Bertz CT molecular complexity index is 734. The second kappa shape index (κ2) is 5.24. The number of amides is 1. The number of carbonyl (C=O) groups is 1. The maximum atomic E-state index is 11.8. The standard InChI is InChI=1S/C19H22N2O/c1-4-12-11-19(2,3)15-9-5-7-13(16(12)15)17-14(18(20)22)8-6-10-21-17/h5-10,12H,4,11H2,1-3H3,(H2,20,22). The SMILES string of the molecule is CCC1CC(C)(C)c2cccc(-c3ncccc3C(N)=O)c21. The lowest BCUT2D eigenvalue weighted by molar-refractivity contribution is 0.100. The molecule has 1 heterocycles. The number of fused-ring (bicyclic) bond motifs is 1. The van der Waals surface area contributed by atoms with Crippen LogP contribution in [0.3, 0.4) is 0 Å². The predicted molar refractivity (Wildman–Crippen MR) is 88.9 cm³/mol. The Morgan fingerprint density at radius 1 is 1.32 bits per heavy atom. The Balaban J connectivity index is 2.28. The smallest absolute Gasteiger partial charge is 0.250 e. The van der Waals surface area contributed by atoms with Crippen molar-refractivity contribution in [3.8, 4) is 11.3 Å². The third kappa shape index (κ3) is 2.21. The average Bonchev–Trinajstić information content (AvgIpc) is 2.78. The Hall–Kier alpha value is -2.16. The first-order valence-corrected chi connectivity index (χ1v) is 7.84. The molecule has 0 aliphatic heterocycles. The van der Waals surface area contributed by atoms with Gasteiger partial charge in [-0.25, -0.2) is 0 Å². The first-order chi connectivity index (χ1) is 10.5. The van der Waals surface area contributed by atoms with Gasteiger partial charge in [0.15, 0.2) is 0 Å². The maximum Gasteiger partial charge on any atom is 0.250 e. The van der Waals surface area contributed by atoms with Gasteiger partial charge in [-0.2, -0.15) is 0 Å². The van der Waals surface area contributed by atoms with Crippen molar-refractivity contribution >= 4 is 5.91 Å². The van der Waals surface area contributed by atoms with Gasteiger partial charge in [0.1, 0.15) is 0 Å². The highest BCUT2D eigenvalue weighted by Gasteiger charge is 2.37. The van der Waals surface area contributed by atoms with E-state index in [-0.39, 0.29) is 5.41 Å². The molecular weight excluding hydrogens is 272 g/mol. The average molecular weight is 294 g/mol. The largest absolute Gasteiger partial charge is 0.366 e. The summed E-state index contributed by atoms with van der Waals surface area (Å²) in [6.45, 7) is 6.80. The van der Waals surface area contributed by atoms with Gasteiger partial charge in [0.2, 0.25) is 0 Å². The fraction of sp³-hybridized carbons (Fsp3) is 0.368. The number of hydrogen-bond acceptors (Lipinski definition) is 2. The molecule has 1 aromatic carbocycles. The summed E-state index contributed by atoms with van der Waals surface area (Å²) in [6, 6.07) is 9.85. The fourth-order valence-corrected chi connectivity index (χ4v) is 3.80. The van der Waals surface area contributed by atoms with Gasteiger partial charge in [0.25, 0.3) is 5.91 Å². The van der Waals surface area contributed by atoms with Crippen molar-refractivity contribution in [2.24, 2.45) is 5.73 Å². The van der Waals surface area contributed by atoms with Crippen LogP contribution < -0.4 is 5.73 Å². The molecule has 0 bridgehead atoms. The molecule has 114 valence electrons. The number of pyridine rings is 1. The van der Waals surface area contributed by atoms with Crippen molar-refractivity contribution in [1.82, 2.24) is 4.98 Å². The number of carbonyl (C=O) groups excluding carboxylic acids is 1. The quantitative estimate of drug-likeness (QED) is 0.929. The number of rotatable bonds is 3. The number of benzene rings is 1. The second-order valence-corrected chi connectivity index (χ2v) is 6.72. The van der Waals surface area contributed by atoms with Gasteiger partial charge in [-0.15, -0.1) is 0 Å². The van der Waals surface area contributed by atoms with Crippen molar-refractivity contribution in [2.75, 3.05) is 0 Å². The molecule has 2 aromatic rings. The first kappa shape index (κ1) is 14.8. The van der Waals surface area contributed by atoms with Gasteiger partial charge < -0.3 is 5.73 Å². The number of nitrogens with zero attached hydrogens (tertiary/aromatic N) is 1. The highest BCUT2D eigenvalue weighted by molar-refractivity contribution is 5.99. The molecule has 1 aliphatic rings. The third-order valence-electron chi connectivity index (χ3n) is 4.82. The minimum Gasteiger partial charge on any atom is -0.366 e. The molecule has 3 heteroatoms. The van der Waals surface area contributed by atoms with Crippen LogP contribution in [-0.2, 0) is 5.41 Å². The van der Waals surface area contributed by atoms with Gasteiger partial charge in [0, 0.05) is 11.8 Å². The van der Waals surface area contributed by atoms with Crippen molar-refractivity contribution in [3.05, 3.63) is 53.2 Å². The minimum absolute atomic E-state index is 0.160. The van der Waals surface area contributed by atoms with Crippen LogP contribution in [0, 0.1) is 0 Å². The second-order valence-electron chi connectivity index (χ2n) is 6.72. The van der Waals surface area contributed by atoms with E-state index in [9.17, 15) is 4.79 Å². The minimum atomic E-state index is -0.425. The molecule has 0 saturated heterocycles. The first-order valence-electron chi connectivity index (χ1n) is 7.84. The number of primary amides is 1. The van der Waals surface area contributed by atoms with Crippen LogP contribution in [0.15, 0.2) is 36.5 Å². The molecule has 0 fully saturated rings.